The zero-order chi connectivity index (χ0) is 36.6. The van der Waals surface area contributed by atoms with Gasteiger partial charge < -0.3 is 13.7 Å². The summed E-state index contributed by atoms with van der Waals surface area (Å²) >= 11 is 0. The van der Waals surface area contributed by atoms with E-state index in [1.54, 1.807) is 0 Å². The second kappa shape index (κ2) is 11.8. The quantitative estimate of drug-likeness (QED) is 0.169. The third-order valence-corrected chi connectivity index (χ3v) is 11.1. The summed E-state index contributed by atoms with van der Waals surface area (Å²) in [6, 6.07) is 63.4. The van der Waals surface area contributed by atoms with E-state index in [4.69, 9.17) is 6.57 Å². The van der Waals surface area contributed by atoms with E-state index in [-0.39, 0.29) is 0 Å². The van der Waals surface area contributed by atoms with E-state index in [0.717, 1.165) is 82.8 Å². The number of fused-ring (bicyclic) bond motifs is 9. The van der Waals surface area contributed by atoms with Crippen LogP contribution in [-0.4, -0.2) is 13.7 Å². The van der Waals surface area contributed by atoms with Crippen LogP contribution in [0.4, 0.5) is 5.69 Å². The summed E-state index contributed by atoms with van der Waals surface area (Å²) in [6.07, 6.45) is 0. The van der Waals surface area contributed by atoms with Crippen molar-refractivity contribution < 1.29 is 0 Å². The number of benzene rings is 8. The van der Waals surface area contributed by atoms with Gasteiger partial charge in [-0.1, -0.05) is 115 Å². The number of aromatic nitrogens is 3. The summed E-state index contributed by atoms with van der Waals surface area (Å²) in [5.41, 5.74) is 12.1. The molecule has 11 aromatic rings. The summed E-state index contributed by atoms with van der Waals surface area (Å²) in [5.74, 6) is 0. The first kappa shape index (κ1) is 30.7. The third kappa shape index (κ3) is 4.39. The predicted molar refractivity (Wildman–Crippen MR) is 226 cm³/mol. The van der Waals surface area contributed by atoms with Crippen LogP contribution in [0.2, 0.25) is 0 Å². The van der Waals surface area contributed by atoms with Gasteiger partial charge in [-0.25, -0.2) is 4.85 Å². The molecule has 0 saturated heterocycles. The molecule has 8 aromatic carbocycles. The van der Waals surface area contributed by atoms with E-state index in [0.29, 0.717) is 11.3 Å². The summed E-state index contributed by atoms with van der Waals surface area (Å²) in [7, 11) is 0. The van der Waals surface area contributed by atoms with Crippen molar-refractivity contribution in [1.82, 2.24) is 13.7 Å². The monoisotopic (exact) mass is 699 g/mol. The lowest BCUT2D eigenvalue weighted by Crippen LogP contribution is -1.98. The van der Waals surface area contributed by atoms with Crippen molar-refractivity contribution in [3.8, 4) is 34.3 Å². The normalized spacial score (nSPS) is 11.6. The number of hydrogen-bond donors (Lipinski definition) is 0. The van der Waals surface area contributed by atoms with Gasteiger partial charge >= 0.3 is 0 Å². The number of rotatable bonds is 4. The minimum atomic E-state index is 0.574. The maximum atomic E-state index is 10.2. The molecular formula is C50H29N5. The molecule has 254 valence electrons. The largest absolute Gasteiger partial charge is 0.319 e. The van der Waals surface area contributed by atoms with Gasteiger partial charge in [-0.2, -0.15) is 5.26 Å². The van der Waals surface area contributed by atoms with E-state index >= 15 is 0 Å². The van der Waals surface area contributed by atoms with Crippen LogP contribution in [0.5, 0.6) is 0 Å². The zero-order valence-electron chi connectivity index (χ0n) is 29.5. The van der Waals surface area contributed by atoms with E-state index < -0.39 is 0 Å². The van der Waals surface area contributed by atoms with Crippen LogP contribution in [0.25, 0.3) is 98.5 Å². The molecule has 0 aliphatic carbocycles. The molecule has 55 heavy (non-hydrogen) atoms. The summed E-state index contributed by atoms with van der Waals surface area (Å²) in [6.45, 7) is 8.66. The topological polar surface area (TPSA) is 42.9 Å². The van der Waals surface area contributed by atoms with E-state index in [1.165, 1.54) is 10.8 Å². The van der Waals surface area contributed by atoms with Gasteiger partial charge in [0.05, 0.1) is 50.9 Å². The van der Waals surface area contributed by atoms with Crippen molar-refractivity contribution in [2.24, 2.45) is 0 Å². The second-order valence-corrected chi connectivity index (χ2v) is 13.9. The molecule has 0 radical (unpaired) electrons. The van der Waals surface area contributed by atoms with Gasteiger partial charge in [0.15, 0.2) is 0 Å². The first-order valence-corrected chi connectivity index (χ1v) is 18.3. The lowest BCUT2D eigenvalue weighted by atomic mass is 10.0. The Hall–Kier alpha value is -7.86. The fraction of sp³-hybridized carbons (Fsp3) is 0. The lowest BCUT2D eigenvalue weighted by Gasteiger charge is -2.16. The molecule has 0 aliphatic rings. The molecular weight excluding hydrogens is 671 g/mol. The first-order chi connectivity index (χ1) is 27.2. The molecule has 3 aromatic heterocycles. The van der Waals surface area contributed by atoms with Crippen LogP contribution < -0.4 is 0 Å². The Morgan fingerprint density at radius 3 is 1.62 bits per heavy atom. The van der Waals surface area contributed by atoms with E-state index in [9.17, 15) is 5.26 Å². The molecule has 0 N–H and O–H groups in total. The Labute approximate surface area is 316 Å². The molecule has 11 rings (SSSR count). The van der Waals surface area contributed by atoms with Crippen LogP contribution >= 0.6 is 0 Å². The van der Waals surface area contributed by atoms with Gasteiger partial charge in [-0.05, 0) is 71.8 Å². The van der Waals surface area contributed by atoms with Crippen LogP contribution in [0.3, 0.4) is 0 Å². The van der Waals surface area contributed by atoms with Crippen molar-refractivity contribution in [3.63, 3.8) is 0 Å². The van der Waals surface area contributed by atoms with Gasteiger partial charge in [-0.15, -0.1) is 0 Å². The molecule has 0 spiro atoms. The predicted octanol–water partition coefficient (Wildman–Crippen LogP) is 13.1. The minimum absolute atomic E-state index is 0.574. The Morgan fingerprint density at radius 1 is 0.436 bits per heavy atom. The highest BCUT2D eigenvalue weighted by Gasteiger charge is 2.21. The van der Waals surface area contributed by atoms with Crippen LogP contribution in [0, 0.1) is 17.9 Å². The van der Waals surface area contributed by atoms with Crippen LogP contribution in [-0.2, 0) is 0 Å². The van der Waals surface area contributed by atoms with Gasteiger partial charge in [-0.3, -0.25) is 0 Å². The molecule has 5 nitrogen and oxygen atoms in total. The molecule has 5 heteroatoms. The molecule has 0 saturated carbocycles. The fourth-order valence-electron chi connectivity index (χ4n) is 8.81. The number of para-hydroxylation sites is 6. The Bertz CT molecular complexity index is 3420. The Balaban J connectivity index is 1.14. The number of hydrogen-bond acceptors (Lipinski definition) is 1. The SMILES string of the molecule is [C-]#[N+]c1c(-c2cccc(-n3c4ccccc4c4cccc(C#N)c43)c2)cccc1-n1c2ccccc2c2ccc(-n3c4ccccc4c4ccccc43)cc21. The van der Waals surface area contributed by atoms with Crippen molar-refractivity contribution in [3.05, 3.63) is 193 Å². The zero-order valence-corrected chi connectivity index (χ0v) is 29.5. The molecule has 0 amide bonds. The van der Waals surface area contributed by atoms with Crippen molar-refractivity contribution in [1.29, 1.82) is 5.26 Å². The van der Waals surface area contributed by atoms with Gasteiger partial charge in [0, 0.05) is 43.7 Å². The van der Waals surface area contributed by atoms with Gasteiger partial charge in [0.25, 0.3) is 0 Å². The standard InChI is InChI=1S/C50H29N5/c1-52-49-36(32-13-10-15-34(29-32)54-45-24-8-5-19-40(45)42-21-11-14-33(31-51)50(42)54)20-12-26-47(49)55-46-25-9-4-18-39(46)41-28-27-35(30-48(41)55)53-43-22-6-2-16-37(43)38-17-3-7-23-44(38)53/h2-30H. The summed E-state index contributed by atoms with van der Waals surface area (Å²) < 4.78 is 6.78. The first-order valence-electron chi connectivity index (χ1n) is 18.3. The molecule has 0 atom stereocenters. The number of nitrogens with zero attached hydrogens (tertiary/aromatic N) is 5. The highest BCUT2D eigenvalue weighted by molar-refractivity contribution is 6.13. The highest BCUT2D eigenvalue weighted by atomic mass is 15.0. The van der Waals surface area contributed by atoms with Crippen molar-refractivity contribution in [2.75, 3.05) is 0 Å². The van der Waals surface area contributed by atoms with Crippen molar-refractivity contribution >= 4 is 71.1 Å². The maximum absolute atomic E-state index is 10.2. The van der Waals surface area contributed by atoms with Gasteiger partial charge in [0.1, 0.15) is 6.07 Å². The molecule has 0 unspecified atom stereocenters. The molecule has 0 fully saturated rings. The second-order valence-electron chi connectivity index (χ2n) is 13.9. The van der Waals surface area contributed by atoms with Crippen molar-refractivity contribution in [2.45, 2.75) is 0 Å². The fourth-order valence-corrected chi connectivity index (χ4v) is 8.81. The smallest absolute Gasteiger partial charge is 0.218 e. The Kier molecular flexibility index (Phi) is 6.61. The third-order valence-electron chi connectivity index (χ3n) is 11.1. The van der Waals surface area contributed by atoms with E-state index in [1.807, 2.05) is 36.4 Å². The Morgan fingerprint density at radius 2 is 0.964 bits per heavy atom. The molecule has 0 aliphatic heterocycles. The summed E-state index contributed by atoms with van der Waals surface area (Å²) in [4.78, 5) is 4.26. The summed E-state index contributed by atoms with van der Waals surface area (Å²) in [5, 5.41) is 17.0. The average molecular weight is 700 g/mol. The van der Waals surface area contributed by atoms with Gasteiger partial charge in [0.2, 0.25) is 5.69 Å². The lowest BCUT2D eigenvalue weighted by molar-refractivity contribution is 1.16. The molecule has 3 heterocycles. The van der Waals surface area contributed by atoms with Crippen LogP contribution in [0.1, 0.15) is 5.56 Å². The van der Waals surface area contributed by atoms with E-state index in [2.05, 4.69) is 164 Å². The minimum Gasteiger partial charge on any atom is -0.319 e. The number of nitriles is 1. The highest BCUT2D eigenvalue weighted by Crippen LogP contribution is 2.43. The maximum Gasteiger partial charge on any atom is 0.218 e. The average Bonchev–Trinajstić information content (AvgIpc) is 3.89. The molecule has 0 bridgehead atoms. The van der Waals surface area contributed by atoms with Crippen LogP contribution in [0.15, 0.2) is 176 Å².